The number of carboxylic acids is 1. The average molecular weight is 248 g/mol. The molecule has 0 fully saturated rings. The number of aromatic nitrogens is 1. The zero-order chi connectivity index (χ0) is 13.4. The number of phenolic OH excluding ortho intramolecular Hbond substituents is 1. The molecule has 1 aromatic carbocycles. The van der Waals surface area contributed by atoms with Gasteiger partial charge in [-0.2, -0.15) is 0 Å². The lowest BCUT2D eigenvalue weighted by Crippen LogP contribution is -2.32. The van der Waals surface area contributed by atoms with E-state index in [0.29, 0.717) is 5.39 Å². The molecule has 0 radical (unpaired) electrons. The summed E-state index contributed by atoms with van der Waals surface area (Å²) in [5, 5.41) is 19.5. The molecule has 0 saturated carbocycles. The van der Waals surface area contributed by atoms with Crippen LogP contribution in [0.4, 0.5) is 0 Å². The Balaban J connectivity index is 2.63. The number of phenols is 1. The lowest BCUT2D eigenvalue weighted by Gasteiger charge is -2.07. The maximum absolute atomic E-state index is 10.8. The van der Waals surface area contributed by atoms with Crippen molar-refractivity contribution >= 4 is 16.9 Å². The number of hydrogen-bond acceptors (Lipinski definition) is 3. The van der Waals surface area contributed by atoms with Crippen molar-refractivity contribution in [3.05, 3.63) is 29.5 Å². The summed E-state index contributed by atoms with van der Waals surface area (Å²) in [5.74, 6) is -0.884. The van der Waals surface area contributed by atoms with Crippen molar-refractivity contribution in [3.8, 4) is 5.75 Å². The van der Waals surface area contributed by atoms with Crippen LogP contribution < -0.4 is 5.73 Å². The molecule has 0 aliphatic rings. The highest BCUT2D eigenvalue weighted by atomic mass is 16.4. The molecule has 2 aromatic rings. The van der Waals surface area contributed by atoms with Crippen molar-refractivity contribution in [2.45, 2.75) is 19.4 Å². The first-order valence-corrected chi connectivity index (χ1v) is 5.67. The Bertz CT molecular complexity index is 616. The number of nitrogens with two attached hydrogens (primary N) is 1. The number of aromatic hydroxyl groups is 1. The van der Waals surface area contributed by atoms with Gasteiger partial charge in [-0.25, -0.2) is 0 Å². The molecule has 0 saturated heterocycles. The van der Waals surface area contributed by atoms with Gasteiger partial charge in [-0.05, 0) is 24.6 Å². The van der Waals surface area contributed by atoms with E-state index in [4.69, 9.17) is 10.8 Å². The van der Waals surface area contributed by atoms with E-state index in [9.17, 15) is 9.90 Å². The number of aliphatic carboxylic acids is 1. The molecule has 1 heterocycles. The van der Waals surface area contributed by atoms with Crippen molar-refractivity contribution in [3.63, 3.8) is 0 Å². The lowest BCUT2D eigenvalue weighted by atomic mass is 10.0. The maximum Gasteiger partial charge on any atom is 0.320 e. The molecule has 0 aliphatic heterocycles. The molecule has 96 valence electrons. The normalized spacial score (nSPS) is 12.8. The van der Waals surface area contributed by atoms with Crippen LogP contribution in [0.5, 0.6) is 5.75 Å². The molecule has 5 heteroatoms. The predicted molar refractivity (Wildman–Crippen MR) is 68.6 cm³/mol. The number of carbonyl (C=O) groups is 1. The van der Waals surface area contributed by atoms with Gasteiger partial charge in [-0.1, -0.05) is 6.07 Å². The fourth-order valence-corrected chi connectivity index (χ4v) is 2.24. The lowest BCUT2D eigenvalue weighted by molar-refractivity contribution is -0.138. The molecule has 0 bridgehead atoms. The van der Waals surface area contributed by atoms with E-state index in [0.717, 1.165) is 16.8 Å². The van der Waals surface area contributed by atoms with Gasteiger partial charge in [-0.3, -0.25) is 4.79 Å². The molecule has 5 nitrogen and oxygen atoms in total. The van der Waals surface area contributed by atoms with Crippen LogP contribution in [0.1, 0.15) is 11.3 Å². The van der Waals surface area contributed by atoms with Gasteiger partial charge in [0, 0.05) is 24.5 Å². The minimum atomic E-state index is -1.04. The molecular weight excluding hydrogens is 232 g/mol. The summed E-state index contributed by atoms with van der Waals surface area (Å²) in [6.45, 7) is 1.89. The largest absolute Gasteiger partial charge is 0.507 e. The SMILES string of the molecule is Cc1c(CC(N)C(=O)O)c2c(O)cccc2n1C. The number of benzene rings is 1. The van der Waals surface area contributed by atoms with E-state index < -0.39 is 12.0 Å². The first-order valence-electron chi connectivity index (χ1n) is 5.67. The average Bonchev–Trinajstić information content (AvgIpc) is 2.56. The van der Waals surface area contributed by atoms with E-state index in [1.807, 2.05) is 24.6 Å². The summed E-state index contributed by atoms with van der Waals surface area (Å²) in [4.78, 5) is 10.8. The second kappa shape index (κ2) is 4.34. The Morgan fingerprint density at radius 3 is 2.78 bits per heavy atom. The summed E-state index contributed by atoms with van der Waals surface area (Å²) in [6, 6.07) is 4.28. The third-order valence-corrected chi connectivity index (χ3v) is 3.36. The second-order valence-corrected chi connectivity index (χ2v) is 4.44. The summed E-state index contributed by atoms with van der Waals surface area (Å²) >= 11 is 0. The summed E-state index contributed by atoms with van der Waals surface area (Å²) in [7, 11) is 1.88. The predicted octanol–water partition coefficient (Wildman–Crippen LogP) is 1.15. The molecular formula is C13H16N2O3. The second-order valence-electron chi connectivity index (χ2n) is 4.44. The third-order valence-electron chi connectivity index (χ3n) is 3.36. The van der Waals surface area contributed by atoms with Crippen LogP contribution >= 0.6 is 0 Å². The van der Waals surface area contributed by atoms with Crippen molar-refractivity contribution in [1.29, 1.82) is 0 Å². The molecule has 1 unspecified atom stereocenters. The highest BCUT2D eigenvalue weighted by Gasteiger charge is 2.20. The fourth-order valence-electron chi connectivity index (χ4n) is 2.24. The Morgan fingerprint density at radius 2 is 2.17 bits per heavy atom. The van der Waals surface area contributed by atoms with Crippen LogP contribution in [0.25, 0.3) is 10.9 Å². The van der Waals surface area contributed by atoms with Crippen molar-refractivity contribution in [2.75, 3.05) is 0 Å². The quantitative estimate of drug-likeness (QED) is 0.760. The summed E-state index contributed by atoms with van der Waals surface area (Å²) < 4.78 is 1.93. The smallest absolute Gasteiger partial charge is 0.320 e. The molecule has 18 heavy (non-hydrogen) atoms. The van der Waals surface area contributed by atoms with Gasteiger partial charge in [-0.15, -0.1) is 0 Å². The van der Waals surface area contributed by atoms with Crippen LogP contribution in [0.15, 0.2) is 18.2 Å². The third kappa shape index (κ3) is 1.82. The van der Waals surface area contributed by atoms with Gasteiger partial charge >= 0.3 is 5.97 Å². The fraction of sp³-hybridized carbons (Fsp3) is 0.308. The molecule has 4 N–H and O–H groups in total. The summed E-state index contributed by atoms with van der Waals surface area (Å²) in [5.41, 5.74) is 8.16. The minimum Gasteiger partial charge on any atom is -0.507 e. The van der Waals surface area contributed by atoms with Crippen LogP contribution in [0.2, 0.25) is 0 Å². The Labute approximate surface area is 104 Å². The van der Waals surface area contributed by atoms with Gasteiger partial charge in [0.1, 0.15) is 11.8 Å². The Morgan fingerprint density at radius 1 is 1.50 bits per heavy atom. The van der Waals surface area contributed by atoms with E-state index in [1.165, 1.54) is 0 Å². The van der Waals surface area contributed by atoms with E-state index in [2.05, 4.69) is 0 Å². The van der Waals surface area contributed by atoms with E-state index in [1.54, 1.807) is 12.1 Å². The standard InChI is InChI=1S/C13H16N2O3/c1-7-8(6-9(14)13(17)18)12-10(15(7)2)4-3-5-11(12)16/h3-5,9,16H,6,14H2,1-2H3,(H,17,18). The molecule has 0 amide bonds. The maximum atomic E-state index is 10.8. The topological polar surface area (TPSA) is 88.5 Å². The van der Waals surface area contributed by atoms with Gasteiger partial charge in [0.15, 0.2) is 0 Å². The number of carboxylic acid groups (broad SMARTS) is 1. The number of nitrogens with zero attached hydrogens (tertiary/aromatic N) is 1. The molecule has 2 rings (SSSR count). The Kier molecular flexibility index (Phi) is 3.00. The van der Waals surface area contributed by atoms with Crippen molar-refractivity contribution < 1.29 is 15.0 Å². The van der Waals surface area contributed by atoms with Gasteiger partial charge in [0.05, 0.1) is 5.52 Å². The van der Waals surface area contributed by atoms with E-state index >= 15 is 0 Å². The van der Waals surface area contributed by atoms with Crippen molar-refractivity contribution in [1.82, 2.24) is 4.57 Å². The highest BCUT2D eigenvalue weighted by Crippen LogP contribution is 2.32. The molecule has 1 atom stereocenters. The minimum absolute atomic E-state index is 0.156. The van der Waals surface area contributed by atoms with Crippen molar-refractivity contribution in [2.24, 2.45) is 12.8 Å². The van der Waals surface area contributed by atoms with E-state index in [-0.39, 0.29) is 12.2 Å². The highest BCUT2D eigenvalue weighted by molar-refractivity contribution is 5.91. The van der Waals surface area contributed by atoms with Crippen LogP contribution in [-0.4, -0.2) is 26.8 Å². The monoisotopic (exact) mass is 248 g/mol. The number of fused-ring (bicyclic) bond motifs is 1. The molecule has 0 spiro atoms. The molecule has 1 aromatic heterocycles. The zero-order valence-corrected chi connectivity index (χ0v) is 10.3. The van der Waals surface area contributed by atoms with Gasteiger partial charge < -0.3 is 20.5 Å². The number of aryl methyl sites for hydroxylation is 1. The van der Waals surface area contributed by atoms with Crippen LogP contribution in [0.3, 0.4) is 0 Å². The van der Waals surface area contributed by atoms with Gasteiger partial charge in [0.2, 0.25) is 0 Å². The number of rotatable bonds is 3. The summed E-state index contributed by atoms with van der Waals surface area (Å²) in [6.07, 6.45) is 0.204. The van der Waals surface area contributed by atoms with Crippen LogP contribution in [0, 0.1) is 6.92 Å². The number of hydrogen-bond donors (Lipinski definition) is 3. The first kappa shape index (κ1) is 12.4. The molecule has 0 aliphatic carbocycles. The zero-order valence-electron chi connectivity index (χ0n) is 10.3. The van der Waals surface area contributed by atoms with Crippen LogP contribution in [-0.2, 0) is 18.3 Å². The first-order chi connectivity index (χ1) is 8.43. The van der Waals surface area contributed by atoms with Gasteiger partial charge in [0.25, 0.3) is 0 Å². The Hall–Kier alpha value is -2.01.